The fourth-order valence-electron chi connectivity index (χ4n) is 4.60. The smallest absolute Gasteiger partial charge is 0.227 e. The Bertz CT molecular complexity index is 1070. The van der Waals surface area contributed by atoms with Crippen LogP contribution in [0.4, 0.5) is 0 Å². The number of carbonyl (C=O) groups is 1. The number of piperidine rings is 1. The first-order valence-corrected chi connectivity index (χ1v) is 11.1. The molecule has 3 heterocycles. The average Bonchev–Trinajstić information content (AvgIpc) is 3.05. The Labute approximate surface area is 184 Å². The lowest BCUT2D eigenvalue weighted by Gasteiger charge is -2.33. The fraction of sp³-hybridized carbons (Fsp3) is 0.423. The van der Waals surface area contributed by atoms with E-state index in [0.717, 1.165) is 60.8 Å². The summed E-state index contributed by atoms with van der Waals surface area (Å²) in [5.41, 5.74) is 7.76. The molecule has 1 fully saturated rings. The number of likely N-dealkylation sites (tertiary alicyclic amines) is 1. The molecule has 1 aliphatic heterocycles. The van der Waals surface area contributed by atoms with E-state index in [4.69, 9.17) is 9.51 Å². The molecule has 5 nitrogen and oxygen atoms in total. The van der Waals surface area contributed by atoms with Gasteiger partial charge in [-0.15, -0.1) is 0 Å². The number of rotatable bonds is 5. The lowest BCUT2D eigenvalue weighted by molar-refractivity contribution is -0.131. The van der Waals surface area contributed by atoms with Gasteiger partial charge in [-0.2, -0.15) is 0 Å². The molecule has 162 valence electrons. The highest BCUT2D eigenvalue weighted by atomic mass is 16.5. The van der Waals surface area contributed by atoms with E-state index < -0.39 is 0 Å². The zero-order valence-corrected chi connectivity index (χ0v) is 18.9. The summed E-state index contributed by atoms with van der Waals surface area (Å²) in [6, 6.07) is 13.1. The van der Waals surface area contributed by atoms with Gasteiger partial charge >= 0.3 is 0 Å². The molecular weight excluding hydrogens is 386 g/mol. The number of amides is 1. The largest absolute Gasteiger partial charge is 0.361 e. The number of carbonyl (C=O) groups excluding carboxylic acids is 1. The van der Waals surface area contributed by atoms with Crippen molar-refractivity contribution in [1.29, 1.82) is 0 Å². The molecule has 0 bridgehead atoms. The third-order valence-corrected chi connectivity index (χ3v) is 6.23. The van der Waals surface area contributed by atoms with E-state index in [9.17, 15) is 4.79 Å². The van der Waals surface area contributed by atoms with Crippen molar-refractivity contribution in [1.82, 2.24) is 15.0 Å². The third-order valence-electron chi connectivity index (χ3n) is 6.23. The summed E-state index contributed by atoms with van der Waals surface area (Å²) >= 11 is 0. The Morgan fingerprint density at radius 3 is 2.71 bits per heavy atom. The molecule has 0 spiro atoms. The summed E-state index contributed by atoms with van der Waals surface area (Å²) in [6.07, 6.45) is 3.32. The van der Waals surface area contributed by atoms with Gasteiger partial charge in [-0.1, -0.05) is 35.0 Å². The van der Waals surface area contributed by atoms with Crippen LogP contribution in [0.1, 0.15) is 63.9 Å². The Hall–Kier alpha value is -2.95. The number of pyridine rings is 1. The molecule has 31 heavy (non-hydrogen) atoms. The quantitative estimate of drug-likeness (QED) is 0.596. The van der Waals surface area contributed by atoms with Crippen molar-refractivity contribution in [3.05, 3.63) is 81.5 Å². The van der Waals surface area contributed by atoms with Gasteiger partial charge in [-0.05, 0) is 70.2 Å². The van der Waals surface area contributed by atoms with Crippen LogP contribution in [-0.4, -0.2) is 34.0 Å². The van der Waals surface area contributed by atoms with E-state index in [-0.39, 0.29) is 11.8 Å². The van der Waals surface area contributed by atoms with Crippen molar-refractivity contribution >= 4 is 5.91 Å². The van der Waals surface area contributed by atoms with Crippen LogP contribution in [0.15, 0.2) is 40.9 Å². The maximum absolute atomic E-state index is 13.0. The first-order chi connectivity index (χ1) is 14.9. The molecule has 3 aromatic rings. The lowest BCUT2D eigenvalue weighted by atomic mass is 9.92. The zero-order chi connectivity index (χ0) is 22.0. The second-order valence-electron chi connectivity index (χ2n) is 8.87. The highest BCUT2D eigenvalue weighted by Crippen LogP contribution is 2.28. The Morgan fingerprint density at radius 2 is 1.97 bits per heavy atom. The van der Waals surface area contributed by atoms with Gasteiger partial charge in [0.2, 0.25) is 5.91 Å². The van der Waals surface area contributed by atoms with Crippen LogP contribution < -0.4 is 0 Å². The number of hydrogen-bond donors (Lipinski definition) is 0. The third kappa shape index (κ3) is 5.04. The van der Waals surface area contributed by atoms with Gasteiger partial charge < -0.3 is 9.42 Å². The van der Waals surface area contributed by atoms with Crippen LogP contribution in [0.3, 0.4) is 0 Å². The Kier molecular flexibility index (Phi) is 6.21. The molecule has 2 aromatic heterocycles. The summed E-state index contributed by atoms with van der Waals surface area (Å²) in [7, 11) is 0. The van der Waals surface area contributed by atoms with Gasteiger partial charge in [0, 0.05) is 36.0 Å². The minimum Gasteiger partial charge on any atom is -0.361 e. The molecule has 1 amide bonds. The molecule has 0 aliphatic carbocycles. The molecule has 1 aromatic carbocycles. The van der Waals surface area contributed by atoms with Gasteiger partial charge in [-0.25, -0.2) is 0 Å². The van der Waals surface area contributed by atoms with Crippen molar-refractivity contribution < 1.29 is 9.32 Å². The fourth-order valence-corrected chi connectivity index (χ4v) is 4.60. The summed E-state index contributed by atoms with van der Waals surface area (Å²) in [4.78, 5) is 19.8. The van der Waals surface area contributed by atoms with Crippen molar-refractivity contribution in [2.45, 2.75) is 59.3 Å². The number of hydrogen-bond acceptors (Lipinski definition) is 4. The molecule has 5 heteroatoms. The minimum atomic E-state index is 0.145. The Morgan fingerprint density at radius 1 is 1.13 bits per heavy atom. The number of aromatic nitrogens is 2. The number of benzene rings is 1. The molecule has 1 saturated heterocycles. The van der Waals surface area contributed by atoms with E-state index in [2.05, 4.69) is 55.4 Å². The van der Waals surface area contributed by atoms with Crippen LogP contribution in [-0.2, 0) is 17.6 Å². The van der Waals surface area contributed by atoms with Crippen LogP contribution in [0.5, 0.6) is 0 Å². The lowest BCUT2D eigenvalue weighted by Crippen LogP contribution is -2.40. The Balaban J connectivity index is 1.49. The predicted octanol–water partition coefficient (Wildman–Crippen LogP) is 4.84. The van der Waals surface area contributed by atoms with E-state index in [1.165, 1.54) is 16.7 Å². The maximum Gasteiger partial charge on any atom is 0.227 e. The normalized spacial score (nSPS) is 16.5. The monoisotopic (exact) mass is 417 g/mol. The van der Waals surface area contributed by atoms with Gasteiger partial charge in [0.25, 0.3) is 0 Å². The van der Waals surface area contributed by atoms with Crippen molar-refractivity contribution in [3.63, 3.8) is 0 Å². The minimum absolute atomic E-state index is 0.145. The summed E-state index contributed by atoms with van der Waals surface area (Å²) in [5.74, 6) is 1.16. The SMILES string of the molecule is Cc1cccc(Cc2cc(C)nc([C@H]3CCCN(C(=O)Cc4c(C)noc4C)C3)c2)c1. The molecule has 0 radical (unpaired) electrons. The summed E-state index contributed by atoms with van der Waals surface area (Å²) in [5, 5.41) is 3.98. The van der Waals surface area contributed by atoms with Gasteiger partial charge in [0.05, 0.1) is 12.1 Å². The number of nitrogens with zero attached hydrogens (tertiary/aromatic N) is 3. The second-order valence-corrected chi connectivity index (χ2v) is 8.87. The molecule has 1 atom stereocenters. The first kappa shape index (κ1) is 21.3. The van der Waals surface area contributed by atoms with E-state index in [0.29, 0.717) is 6.42 Å². The zero-order valence-electron chi connectivity index (χ0n) is 18.9. The number of aryl methyl sites for hydroxylation is 4. The second kappa shape index (κ2) is 9.04. The van der Waals surface area contributed by atoms with Crippen molar-refractivity contribution in [2.75, 3.05) is 13.1 Å². The topological polar surface area (TPSA) is 59.2 Å². The summed E-state index contributed by atoms with van der Waals surface area (Å²) in [6.45, 7) is 9.48. The van der Waals surface area contributed by atoms with Crippen molar-refractivity contribution in [2.24, 2.45) is 0 Å². The predicted molar refractivity (Wildman–Crippen MR) is 121 cm³/mol. The molecule has 0 saturated carbocycles. The van der Waals surface area contributed by atoms with Crippen molar-refractivity contribution in [3.8, 4) is 0 Å². The van der Waals surface area contributed by atoms with E-state index in [1.54, 1.807) is 0 Å². The highest BCUT2D eigenvalue weighted by molar-refractivity contribution is 5.79. The standard InChI is InChI=1S/C26H31N3O2/c1-17-7-5-8-21(11-17)13-22-12-18(2)27-25(14-22)23-9-6-10-29(16-23)26(30)15-24-19(3)28-31-20(24)4/h5,7-8,11-12,14,23H,6,9-10,13,15-16H2,1-4H3/t23-/m0/s1. The van der Waals surface area contributed by atoms with E-state index in [1.807, 2.05) is 18.7 Å². The van der Waals surface area contributed by atoms with Crippen LogP contribution in [0, 0.1) is 27.7 Å². The molecule has 4 rings (SSSR count). The molecular formula is C26H31N3O2. The van der Waals surface area contributed by atoms with Crippen LogP contribution in [0.25, 0.3) is 0 Å². The van der Waals surface area contributed by atoms with Crippen LogP contribution >= 0.6 is 0 Å². The molecule has 1 aliphatic rings. The maximum atomic E-state index is 13.0. The molecule has 0 N–H and O–H groups in total. The van der Waals surface area contributed by atoms with Gasteiger partial charge in [-0.3, -0.25) is 9.78 Å². The van der Waals surface area contributed by atoms with E-state index >= 15 is 0 Å². The average molecular weight is 418 g/mol. The van der Waals surface area contributed by atoms with Gasteiger partial charge in [0.15, 0.2) is 0 Å². The van der Waals surface area contributed by atoms with Gasteiger partial charge in [0.1, 0.15) is 5.76 Å². The van der Waals surface area contributed by atoms with Crippen LogP contribution in [0.2, 0.25) is 0 Å². The highest BCUT2D eigenvalue weighted by Gasteiger charge is 2.27. The molecule has 0 unspecified atom stereocenters. The first-order valence-electron chi connectivity index (χ1n) is 11.1. The summed E-state index contributed by atoms with van der Waals surface area (Å²) < 4.78 is 5.23.